The molecule has 1 heterocycles. The molecule has 16 heavy (non-hydrogen) atoms. The maximum atomic E-state index is 11.3. The first kappa shape index (κ1) is 12.7. The second kappa shape index (κ2) is 6.30. The molecule has 0 aliphatic rings. The molecule has 0 saturated carbocycles. The third-order valence-electron chi connectivity index (χ3n) is 2.09. The number of hydrogen-bond acceptors (Lipinski definition) is 4. The zero-order valence-electron chi connectivity index (χ0n) is 9.69. The van der Waals surface area contributed by atoms with Gasteiger partial charge in [0.2, 0.25) is 5.91 Å². The van der Waals surface area contributed by atoms with Crippen LogP contribution in [0, 0.1) is 0 Å². The predicted octanol–water partition coefficient (Wildman–Crippen LogP) is 0.340. The van der Waals surface area contributed by atoms with E-state index in [2.05, 4.69) is 5.32 Å². The van der Waals surface area contributed by atoms with Gasteiger partial charge < -0.3 is 14.8 Å². The smallest absolute Gasteiger partial charge is 0.234 e. The average Bonchev–Trinajstić information content (AvgIpc) is 2.65. The maximum absolute atomic E-state index is 11.3. The Hall–Kier alpha value is -1.33. The monoisotopic (exact) mass is 226 g/mol. The van der Waals surface area contributed by atoms with Crippen LogP contribution in [-0.2, 0) is 17.9 Å². The number of furan rings is 1. The van der Waals surface area contributed by atoms with Crippen LogP contribution in [0.5, 0.6) is 0 Å². The highest BCUT2D eigenvalue weighted by molar-refractivity contribution is 5.77. The number of carbonyl (C=O) groups excluding carboxylic acids is 1. The first-order valence-electron chi connectivity index (χ1n) is 5.29. The van der Waals surface area contributed by atoms with Crippen LogP contribution in [0.3, 0.4) is 0 Å². The van der Waals surface area contributed by atoms with E-state index < -0.39 is 0 Å². The van der Waals surface area contributed by atoms with Crippen LogP contribution in [0.1, 0.15) is 18.4 Å². The molecule has 1 rings (SSSR count). The van der Waals surface area contributed by atoms with Gasteiger partial charge in [0.05, 0.1) is 13.1 Å². The molecule has 0 aliphatic carbocycles. The number of hydrogen-bond donors (Lipinski definition) is 2. The van der Waals surface area contributed by atoms with Gasteiger partial charge in [0.25, 0.3) is 0 Å². The van der Waals surface area contributed by atoms with Crippen molar-refractivity contribution in [2.24, 2.45) is 0 Å². The number of rotatable bonds is 6. The Bertz CT molecular complexity index is 336. The largest absolute Gasteiger partial charge is 0.462 e. The zero-order chi connectivity index (χ0) is 12.0. The van der Waals surface area contributed by atoms with Crippen molar-refractivity contribution in [3.8, 4) is 0 Å². The molecule has 1 amide bonds. The van der Waals surface area contributed by atoms with Crippen molar-refractivity contribution in [1.29, 1.82) is 0 Å². The van der Waals surface area contributed by atoms with E-state index >= 15 is 0 Å². The second-order valence-corrected chi connectivity index (χ2v) is 3.65. The molecule has 0 fully saturated rings. The number of aliphatic hydroxyl groups is 1. The van der Waals surface area contributed by atoms with Gasteiger partial charge in [0.15, 0.2) is 0 Å². The van der Waals surface area contributed by atoms with Gasteiger partial charge >= 0.3 is 0 Å². The van der Waals surface area contributed by atoms with E-state index in [4.69, 9.17) is 9.52 Å². The standard InChI is InChI=1S/C11H18N2O3/c1-3-12-11(15)7-13(2)6-9-4-5-10(8-14)16-9/h4-5,14H,3,6-8H2,1-2H3,(H,12,15). The molecule has 2 N–H and O–H groups in total. The highest BCUT2D eigenvalue weighted by Gasteiger charge is 2.08. The van der Waals surface area contributed by atoms with E-state index in [1.54, 1.807) is 12.1 Å². The van der Waals surface area contributed by atoms with Crippen molar-refractivity contribution in [2.45, 2.75) is 20.1 Å². The van der Waals surface area contributed by atoms with Crippen LogP contribution < -0.4 is 5.32 Å². The summed E-state index contributed by atoms with van der Waals surface area (Å²) < 4.78 is 5.32. The van der Waals surface area contributed by atoms with E-state index in [9.17, 15) is 4.79 Å². The molecular formula is C11H18N2O3. The summed E-state index contributed by atoms with van der Waals surface area (Å²) in [6, 6.07) is 3.54. The number of likely N-dealkylation sites (N-methyl/N-ethyl adjacent to an activating group) is 2. The molecule has 0 saturated heterocycles. The predicted molar refractivity (Wildman–Crippen MR) is 59.6 cm³/mol. The Labute approximate surface area is 95.0 Å². The lowest BCUT2D eigenvalue weighted by atomic mass is 10.4. The number of amides is 1. The van der Waals surface area contributed by atoms with Gasteiger partial charge in [-0.1, -0.05) is 0 Å². The lowest BCUT2D eigenvalue weighted by Crippen LogP contribution is -2.34. The van der Waals surface area contributed by atoms with Crippen LogP contribution in [-0.4, -0.2) is 36.1 Å². The molecule has 0 aliphatic heterocycles. The van der Waals surface area contributed by atoms with Crippen molar-refractivity contribution in [2.75, 3.05) is 20.1 Å². The van der Waals surface area contributed by atoms with Crippen LogP contribution in [0.25, 0.3) is 0 Å². The van der Waals surface area contributed by atoms with Gasteiger partial charge in [-0.2, -0.15) is 0 Å². The highest BCUT2D eigenvalue weighted by atomic mass is 16.4. The summed E-state index contributed by atoms with van der Waals surface area (Å²) in [5.41, 5.74) is 0. The lowest BCUT2D eigenvalue weighted by molar-refractivity contribution is -0.122. The fraction of sp³-hybridized carbons (Fsp3) is 0.545. The Morgan fingerprint density at radius 3 is 2.75 bits per heavy atom. The van der Waals surface area contributed by atoms with Crippen LogP contribution in [0.2, 0.25) is 0 Å². The van der Waals surface area contributed by atoms with Crippen molar-refractivity contribution >= 4 is 5.91 Å². The van der Waals surface area contributed by atoms with Crippen molar-refractivity contribution in [1.82, 2.24) is 10.2 Å². The number of nitrogens with zero attached hydrogens (tertiary/aromatic N) is 1. The molecule has 0 bridgehead atoms. The molecule has 5 heteroatoms. The van der Waals surface area contributed by atoms with Crippen molar-refractivity contribution in [3.63, 3.8) is 0 Å². The topological polar surface area (TPSA) is 65.7 Å². The van der Waals surface area contributed by atoms with Gasteiger partial charge in [-0.3, -0.25) is 9.69 Å². The number of aliphatic hydroxyl groups excluding tert-OH is 1. The SMILES string of the molecule is CCNC(=O)CN(C)Cc1ccc(CO)o1. The molecule has 90 valence electrons. The molecule has 0 spiro atoms. The minimum atomic E-state index is -0.0972. The molecule has 0 unspecified atom stereocenters. The third-order valence-corrected chi connectivity index (χ3v) is 2.09. The van der Waals surface area contributed by atoms with Gasteiger partial charge in [-0.05, 0) is 26.1 Å². The fourth-order valence-electron chi connectivity index (χ4n) is 1.41. The molecule has 1 aromatic rings. The summed E-state index contributed by atoms with van der Waals surface area (Å²) in [4.78, 5) is 13.1. The van der Waals surface area contributed by atoms with Crippen molar-refractivity contribution < 1.29 is 14.3 Å². The van der Waals surface area contributed by atoms with Gasteiger partial charge in [-0.15, -0.1) is 0 Å². The molecular weight excluding hydrogens is 208 g/mol. The van der Waals surface area contributed by atoms with Crippen LogP contribution >= 0.6 is 0 Å². The fourth-order valence-corrected chi connectivity index (χ4v) is 1.41. The summed E-state index contributed by atoms with van der Waals surface area (Å²) in [6.45, 7) is 3.32. The van der Waals surface area contributed by atoms with Crippen LogP contribution in [0.4, 0.5) is 0 Å². The Morgan fingerprint density at radius 1 is 1.50 bits per heavy atom. The Balaban J connectivity index is 2.38. The normalized spacial score (nSPS) is 10.8. The molecule has 0 atom stereocenters. The van der Waals surface area contributed by atoms with E-state index in [0.29, 0.717) is 25.4 Å². The van der Waals surface area contributed by atoms with E-state index in [-0.39, 0.29) is 12.5 Å². The first-order valence-corrected chi connectivity index (χ1v) is 5.29. The zero-order valence-corrected chi connectivity index (χ0v) is 9.69. The number of nitrogens with one attached hydrogen (secondary N) is 1. The molecule has 0 aromatic carbocycles. The van der Waals surface area contributed by atoms with Gasteiger partial charge in [0, 0.05) is 6.54 Å². The molecule has 1 aromatic heterocycles. The molecule has 0 radical (unpaired) electrons. The lowest BCUT2D eigenvalue weighted by Gasteiger charge is -2.14. The summed E-state index contributed by atoms with van der Waals surface area (Å²) in [7, 11) is 1.84. The molecule has 5 nitrogen and oxygen atoms in total. The van der Waals surface area contributed by atoms with E-state index in [1.807, 2.05) is 18.9 Å². The number of carbonyl (C=O) groups is 1. The average molecular weight is 226 g/mol. The minimum Gasteiger partial charge on any atom is -0.462 e. The van der Waals surface area contributed by atoms with Gasteiger partial charge in [-0.25, -0.2) is 0 Å². The van der Waals surface area contributed by atoms with E-state index in [0.717, 1.165) is 5.76 Å². The van der Waals surface area contributed by atoms with E-state index in [1.165, 1.54) is 0 Å². The minimum absolute atomic E-state index is 0.000984. The Kier molecular flexibility index (Phi) is 5.01. The quantitative estimate of drug-likeness (QED) is 0.734. The van der Waals surface area contributed by atoms with Crippen LogP contribution in [0.15, 0.2) is 16.5 Å². The first-order chi connectivity index (χ1) is 7.65. The maximum Gasteiger partial charge on any atom is 0.234 e. The van der Waals surface area contributed by atoms with Crippen molar-refractivity contribution in [3.05, 3.63) is 23.7 Å². The summed E-state index contributed by atoms with van der Waals surface area (Å²) in [6.07, 6.45) is 0. The summed E-state index contributed by atoms with van der Waals surface area (Å²) in [5.74, 6) is 1.29. The third kappa shape index (κ3) is 4.04. The second-order valence-electron chi connectivity index (χ2n) is 3.65. The summed E-state index contributed by atoms with van der Waals surface area (Å²) in [5, 5.41) is 11.6. The van der Waals surface area contributed by atoms with Gasteiger partial charge in [0.1, 0.15) is 18.1 Å². The highest BCUT2D eigenvalue weighted by Crippen LogP contribution is 2.09. The summed E-state index contributed by atoms with van der Waals surface area (Å²) >= 11 is 0. The Morgan fingerprint density at radius 2 is 2.19 bits per heavy atom.